The first kappa shape index (κ1) is 20.6. The Balaban J connectivity index is 1.90. The van der Waals surface area contributed by atoms with Gasteiger partial charge >= 0.3 is 5.97 Å². The first-order valence-corrected chi connectivity index (χ1v) is 9.45. The van der Waals surface area contributed by atoms with Crippen LogP contribution in [0, 0.1) is 6.92 Å². The lowest BCUT2D eigenvalue weighted by atomic mass is 9.84. The number of anilines is 1. The molecule has 2 N–H and O–H groups in total. The Kier molecular flexibility index (Phi) is 5.71. The van der Waals surface area contributed by atoms with Crippen LogP contribution in [0.1, 0.15) is 35.3 Å². The maximum absolute atomic E-state index is 12.9. The van der Waals surface area contributed by atoms with Crippen molar-refractivity contribution in [1.29, 1.82) is 0 Å². The zero-order valence-electron chi connectivity index (χ0n) is 16.4. The summed E-state index contributed by atoms with van der Waals surface area (Å²) in [7, 11) is 0. The fourth-order valence-corrected chi connectivity index (χ4v) is 3.09. The SMILES string of the molecule is Cc1ccc(NC(=O)C(C)(C)c2ccc(Cl)cc2)nc1-c1cccc(C(=O)O)c1. The maximum Gasteiger partial charge on any atom is 0.335 e. The molecule has 0 saturated carbocycles. The van der Waals surface area contributed by atoms with Crippen LogP contribution in [0.15, 0.2) is 60.7 Å². The van der Waals surface area contributed by atoms with E-state index in [0.29, 0.717) is 22.1 Å². The first-order chi connectivity index (χ1) is 13.7. The summed E-state index contributed by atoms with van der Waals surface area (Å²) in [6.45, 7) is 5.55. The second-order valence-electron chi connectivity index (χ2n) is 7.33. The average molecular weight is 409 g/mol. The van der Waals surface area contributed by atoms with Gasteiger partial charge in [-0.05, 0) is 62.2 Å². The van der Waals surface area contributed by atoms with Gasteiger partial charge in [0.15, 0.2) is 0 Å². The molecular weight excluding hydrogens is 388 g/mol. The van der Waals surface area contributed by atoms with Gasteiger partial charge in [0.05, 0.1) is 16.7 Å². The van der Waals surface area contributed by atoms with Gasteiger partial charge in [-0.1, -0.05) is 41.9 Å². The van der Waals surface area contributed by atoms with Gasteiger partial charge in [0, 0.05) is 10.6 Å². The van der Waals surface area contributed by atoms with E-state index in [1.807, 2.05) is 39.0 Å². The van der Waals surface area contributed by atoms with Gasteiger partial charge < -0.3 is 10.4 Å². The highest BCUT2D eigenvalue weighted by molar-refractivity contribution is 6.30. The number of aromatic nitrogens is 1. The number of pyridine rings is 1. The standard InChI is InChI=1S/C23H21ClN2O3/c1-14-7-12-19(25-20(14)15-5-4-6-16(13-15)21(27)28)26-22(29)23(2,3)17-8-10-18(24)11-9-17/h4-13H,1-3H3,(H,27,28)(H,25,26,29). The zero-order chi connectivity index (χ0) is 21.2. The van der Waals surface area contributed by atoms with Gasteiger partial charge in [0.1, 0.15) is 5.82 Å². The van der Waals surface area contributed by atoms with Crippen molar-refractivity contribution in [3.05, 3.63) is 82.4 Å². The molecule has 1 heterocycles. The quantitative estimate of drug-likeness (QED) is 0.598. The monoisotopic (exact) mass is 408 g/mol. The summed E-state index contributed by atoms with van der Waals surface area (Å²) in [6, 6.07) is 17.3. The number of halogens is 1. The second-order valence-corrected chi connectivity index (χ2v) is 7.77. The number of hydrogen-bond acceptors (Lipinski definition) is 3. The van der Waals surface area contributed by atoms with Crippen molar-refractivity contribution in [2.45, 2.75) is 26.2 Å². The third-order valence-electron chi connectivity index (χ3n) is 4.86. The molecule has 1 amide bonds. The lowest BCUT2D eigenvalue weighted by molar-refractivity contribution is -0.120. The fraction of sp³-hybridized carbons (Fsp3) is 0.174. The summed E-state index contributed by atoms with van der Waals surface area (Å²) in [6.07, 6.45) is 0. The lowest BCUT2D eigenvalue weighted by Crippen LogP contribution is -2.35. The number of nitrogens with zero attached hydrogens (tertiary/aromatic N) is 1. The van der Waals surface area contributed by atoms with Crippen molar-refractivity contribution in [3.8, 4) is 11.3 Å². The molecule has 0 spiro atoms. The molecule has 0 aliphatic heterocycles. The number of rotatable bonds is 5. The Labute approximate surface area is 174 Å². The average Bonchev–Trinajstić information content (AvgIpc) is 2.69. The lowest BCUT2D eigenvalue weighted by Gasteiger charge is -2.24. The number of carbonyl (C=O) groups excluding carboxylic acids is 1. The van der Waals surface area contributed by atoms with Gasteiger partial charge in [-0.15, -0.1) is 0 Å². The molecule has 1 aromatic heterocycles. The van der Waals surface area contributed by atoms with E-state index < -0.39 is 11.4 Å². The smallest absolute Gasteiger partial charge is 0.335 e. The molecule has 3 rings (SSSR count). The number of carboxylic acids is 1. The van der Waals surface area contributed by atoms with Crippen LogP contribution in [-0.4, -0.2) is 22.0 Å². The maximum atomic E-state index is 12.9. The highest BCUT2D eigenvalue weighted by atomic mass is 35.5. The minimum Gasteiger partial charge on any atom is -0.478 e. The summed E-state index contributed by atoms with van der Waals surface area (Å²) in [4.78, 5) is 28.8. The van der Waals surface area contributed by atoms with Crippen molar-refractivity contribution in [3.63, 3.8) is 0 Å². The van der Waals surface area contributed by atoms with E-state index in [1.165, 1.54) is 6.07 Å². The molecule has 2 aromatic carbocycles. The summed E-state index contributed by atoms with van der Waals surface area (Å²) in [5, 5.41) is 12.7. The normalized spacial score (nSPS) is 11.2. The number of aryl methyl sites for hydroxylation is 1. The number of nitrogens with one attached hydrogen (secondary N) is 1. The molecule has 5 nitrogen and oxygen atoms in total. The van der Waals surface area contributed by atoms with Crippen molar-refractivity contribution in [1.82, 2.24) is 4.98 Å². The van der Waals surface area contributed by atoms with Crippen LogP contribution in [0.25, 0.3) is 11.3 Å². The molecule has 29 heavy (non-hydrogen) atoms. The third-order valence-corrected chi connectivity index (χ3v) is 5.11. The molecule has 0 bridgehead atoms. The Bertz CT molecular complexity index is 1080. The largest absolute Gasteiger partial charge is 0.478 e. The molecule has 6 heteroatoms. The highest BCUT2D eigenvalue weighted by Gasteiger charge is 2.30. The van der Waals surface area contributed by atoms with Gasteiger partial charge in [-0.2, -0.15) is 0 Å². The Hall–Kier alpha value is -3.18. The van der Waals surface area contributed by atoms with E-state index in [0.717, 1.165) is 11.1 Å². The van der Waals surface area contributed by atoms with Crippen LogP contribution < -0.4 is 5.32 Å². The molecule has 3 aromatic rings. The van der Waals surface area contributed by atoms with Crippen molar-refractivity contribution >= 4 is 29.3 Å². The minimum absolute atomic E-state index is 0.182. The predicted octanol–water partition coefficient (Wildman–Crippen LogP) is 5.32. The number of benzene rings is 2. The van der Waals surface area contributed by atoms with Crippen LogP contribution in [-0.2, 0) is 10.2 Å². The molecule has 0 radical (unpaired) electrons. The molecule has 0 aliphatic carbocycles. The van der Waals surface area contributed by atoms with Crippen LogP contribution in [0.5, 0.6) is 0 Å². The predicted molar refractivity (Wildman–Crippen MR) is 114 cm³/mol. The number of hydrogen-bond donors (Lipinski definition) is 2. The summed E-state index contributed by atoms with van der Waals surface area (Å²) in [5.41, 5.74) is 2.40. The first-order valence-electron chi connectivity index (χ1n) is 9.07. The van der Waals surface area contributed by atoms with Crippen molar-refractivity contribution in [2.24, 2.45) is 0 Å². The van der Waals surface area contributed by atoms with Gasteiger partial charge in [0.2, 0.25) is 5.91 Å². The Morgan fingerprint density at radius 1 is 1.03 bits per heavy atom. The van der Waals surface area contributed by atoms with Crippen LogP contribution in [0.3, 0.4) is 0 Å². The summed E-state index contributed by atoms with van der Waals surface area (Å²) >= 11 is 5.94. The molecule has 0 unspecified atom stereocenters. The Morgan fingerprint density at radius 2 is 1.72 bits per heavy atom. The van der Waals surface area contributed by atoms with Gasteiger partial charge in [-0.25, -0.2) is 9.78 Å². The third kappa shape index (κ3) is 4.46. The van der Waals surface area contributed by atoms with E-state index in [-0.39, 0.29) is 11.5 Å². The highest BCUT2D eigenvalue weighted by Crippen LogP contribution is 2.28. The molecule has 148 valence electrons. The van der Waals surface area contributed by atoms with E-state index in [1.54, 1.807) is 36.4 Å². The van der Waals surface area contributed by atoms with Crippen LogP contribution in [0.4, 0.5) is 5.82 Å². The van der Waals surface area contributed by atoms with Crippen molar-refractivity contribution in [2.75, 3.05) is 5.32 Å². The molecule has 0 aliphatic rings. The molecule has 0 fully saturated rings. The van der Waals surface area contributed by atoms with Crippen molar-refractivity contribution < 1.29 is 14.7 Å². The summed E-state index contributed by atoms with van der Waals surface area (Å²) < 4.78 is 0. The minimum atomic E-state index is -1.00. The van der Waals surface area contributed by atoms with Crippen LogP contribution in [0.2, 0.25) is 5.02 Å². The van der Waals surface area contributed by atoms with E-state index >= 15 is 0 Å². The number of carboxylic acid groups (broad SMARTS) is 1. The van der Waals surface area contributed by atoms with E-state index in [2.05, 4.69) is 10.3 Å². The topological polar surface area (TPSA) is 79.3 Å². The fourth-order valence-electron chi connectivity index (χ4n) is 2.96. The van der Waals surface area contributed by atoms with Crippen LogP contribution >= 0.6 is 11.6 Å². The molecule has 0 saturated heterocycles. The molecule has 0 atom stereocenters. The van der Waals surface area contributed by atoms with E-state index in [9.17, 15) is 14.7 Å². The Morgan fingerprint density at radius 3 is 2.38 bits per heavy atom. The second kappa shape index (κ2) is 8.05. The number of aromatic carboxylic acids is 1. The molecular formula is C23H21ClN2O3. The van der Waals surface area contributed by atoms with Gasteiger partial charge in [-0.3, -0.25) is 4.79 Å². The number of amides is 1. The van der Waals surface area contributed by atoms with E-state index in [4.69, 9.17) is 11.6 Å². The number of carbonyl (C=O) groups is 2. The zero-order valence-corrected chi connectivity index (χ0v) is 17.1. The summed E-state index contributed by atoms with van der Waals surface area (Å²) in [5.74, 6) is -0.807. The van der Waals surface area contributed by atoms with Gasteiger partial charge in [0.25, 0.3) is 0 Å².